The van der Waals surface area contributed by atoms with Crippen molar-refractivity contribution in [2.75, 3.05) is 18.0 Å². The summed E-state index contributed by atoms with van der Waals surface area (Å²) in [5.41, 5.74) is 8.29. The van der Waals surface area contributed by atoms with E-state index < -0.39 is 0 Å². The fourth-order valence-electron chi connectivity index (χ4n) is 2.26. The van der Waals surface area contributed by atoms with E-state index in [1.54, 1.807) is 6.20 Å². The molecule has 1 atom stereocenters. The van der Waals surface area contributed by atoms with Crippen LogP contribution in [0, 0.1) is 0 Å². The summed E-state index contributed by atoms with van der Waals surface area (Å²) in [7, 11) is 0. The van der Waals surface area contributed by atoms with Gasteiger partial charge in [0.1, 0.15) is 0 Å². The Morgan fingerprint density at radius 2 is 2.00 bits per heavy atom. The number of anilines is 1. The largest absolute Gasteiger partial charge is 0.363 e. The highest BCUT2D eigenvalue weighted by Gasteiger charge is 2.18. The third-order valence-corrected chi connectivity index (χ3v) is 3.57. The predicted octanol–water partition coefficient (Wildman–Crippen LogP) is 3.37. The molecule has 2 rings (SSSR count). The SMILES string of the molecule is CCN(c1ccccc1)C(CN)c1cncc(Br)c1. The summed E-state index contributed by atoms with van der Waals surface area (Å²) in [6, 6.07) is 12.5. The van der Waals surface area contributed by atoms with Crippen molar-refractivity contribution in [2.24, 2.45) is 5.73 Å². The molecule has 0 aliphatic rings. The number of hydrogen-bond donors (Lipinski definition) is 1. The second kappa shape index (κ2) is 6.68. The number of para-hydroxylation sites is 1. The average Bonchev–Trinajstić information content (AvgIpc) is 2.45. The molecule has 2 aromatic rings. The number of halogens is 1. The number of rotatable bonds is 5. The van der Waals surface area contributed by atoms with Gasteiger partial charge in [0.25, 0.3) is 0 Å². The van der Waals surface area contributed by atoms with Crippen LogP contribution in [0.5, 0.6) is 0 Å². The van der Waals surface area contributed by atoms with Gasteiger partial charge in [0.15, 0.2) is 0 Å². The smallest absolute Gasteiger partial charge is 0.0680 e. The number of pyridine rings is 1. The Bertz CT molecular complexity index is 516. The molecular weight excluding hydrogens is 302 g/mol. The standard InChI is InChI=1S/C15H18BrN3/c1-2-19(14-6-4-3-5-7-14)15(9-17)12-8-13(16)11-18-10-12/h3-8,10-11,15H,2,9,17H2,1H3. The number of benzene rings is 1. The molecule has 2 N–H and O–H groups in total. The summed E-state index contributed by atoms with van der Waals surface area (Å²) in [6.45, 7) is 3.60. The van der Waals surface area contributed by atoms with Crippen molar-refractivity contribution >= 4 is 21.6 Å². The summed E-state index contributed by atoms with van der Waals surface area (Å²) in [4.78, 5) is 6.53. The lowest BCUT2D eigenvalue weighted by atomic mass is 10.1. The van der Waals surface area contributed by atoms with E-state index in [1.807, 2.05) is 24.4 Å². The average molecular weight is 320 g/mol. The van der Waals surface area contributed by atoms with Crippen molar-refractivity contribution in [3.05, 3.63) is 58.8 Å². The van der Waals surface area contributed by atoms with Gasteiger partial charge in [0.2, 0.25) is 0 Å². The molecule has 0 amide bonds. The van der Waals surface area contributed by atoms with Crippen molar-refractivity contribution in [3.8, 4) is 0 Å². The first-order valence-electron chi connectivity index (χ1n) is 6.38. The van der Waals surface area contributed by atoms with Crippen LogP contribution in [0.3, 0.4) is 0 Å². The van der Waals surface area contributed by atoms with E-state index in [0.717, 1.165) is 16.6 Å². The summed E-state index contributed by atoms with van der Waals surface area (Å²) >= 11 is 3.47. The Labute approximate surface area is 122 Å². The molecule has 0 saturated heterocycles. The third kappa shape index (κ3) is 3.33. The van der Waals surface area contributed by atoms with Gasteiger partial charge < -0.3 is 10.6 Å². The molecule has 0 radical (unpaired) electrons. The first-order chi connectivity index (χ1) is 9.26. The lowest BCUT2D eigenvalue weighted by molar-refractivity contribution is 0.640. The van der Waals surface area contributed by atoms with E-state index >= 15 is 0 Å². The number of hydrogen-bond acceptors (Lipinski definition) is 3. The molecule has 1 unspecified atom stereocenters. The lowest BCUT2D eigenvalue weighted by Crippen LogP contribution is -2.33. The van der Waals surface area contributed by atoms with Gasteiger partial charge in [-0.15, -0.1) is 0 Å². The molecule has 0 aliphatic heterocycles. The molecule has 0 spiro atoms. The van der Waals surface area contributed by atoms with Crippen molar-refractivity contribution in [3.63, 3.8) is 0 Å². The molecule has 100 valence electrons. The van der Waals surface area contributed by atoms with Gasteiger partial charge in [-0.05, 0) is 46.6 Å². The van der Waals surface area contributed by atoms with Gasteiger partial charge in [0, 0.05) is 35.6 Å². The Balaban J connectivity index is 2.34. The Morgan fingerprint density at radius 1 is 1.26 bits per heavy atom. The maximum Gasteiger partial charge on any atom is 0.0680 e. The van der Waals surface area contributed by atoms with E-state index in [9.17, 15) is 0 Å². The normalized spacial score (nSPS) is 12.2. The first kappa shape index (κ1) is 14.0. The van der Waals surface area contributed by atoms with Crippen LogP contribution < -0.4 is 10.6 Å². The zero-order valence-corrected chi connectivity index (χ0v) is 12.5. The van der Waals surface area contributed by atoms with Crippen LogP contribution in [0.25, 0.3) is 0 Å². The van der Waals surface area contributed by atoms with Crippen LogP contribution in [0.15, 0.2) is 53.3 Å². The highest BCUT2D eigenvalue weighted by atomic mass is 79.9. The predicted molar refractivity (Wildman–Crippen MR) is 83.2 cm³/mol. The van der Waals surface area contributed by atoms with Crippen LogP contribution in [0.4, 0.5) is 5.69 Å². The zero-order chi connectivity index (χ0) is 13.7. The van der Waals surface area contributed by atoms with Gasteiger partial charge in [-0.1, -0.05) is 18.2 Å². The molecule has 0 bridgehead atoms. The molecule has 4 heteroatoms. The third-order valence-electron chi connectivity index (χ3n) is 3.14. The zero-order valence-electron chi connectivity index (χ0n) is 11.0. The highest BCUT2D eigenvalue weighted by molar-refractivity contribution is 9.10. The van der Waals surface area contributed by atoms with Gasteiger partial charge in [0.05, 0.1) is 6.04 Å². The van der Waals surface area contributed by atoms with Crippen LogP contribution in [-0.4, -0.2) is 18.1 Å². The molecule has 19 heavy (non-hydrogen) atoms. The van der Waals surface area contributed by atoms with E-state index in [4.69, 9.17) is 5.73 Å². The molecule has 0 fully saturated rings. The fraction of sp³-hybridized carbons (Fsp3) is 0.267. The molecule has 1 aromatic heterocycles. The Hall–Kier alpha value is -1.39. The maximum absolute atomic E-state index is 5.98. The summed E-state index contributed by atoms with van der Waals surface area (Å²) in [5.74, 6) is 0. The summed E-state index contributed by atoms with van der Waals surface area (Å²) in [5, 5.41) is 0. The van der Waals surface area contributed by atoms with Crippen molar-refractivity contribution in [2.45, 2.75) is 13.0 Å². The van der Waals surface area contributed by atoms with Gasteiger partial charge in [-0.2, -0.15) is 0 Å². The van der Waals surface area contributed by atoms with Crippen LogP contribution >= 0.6 is 15.9 Å². The van der Waals surface area contributed by atoms with Crippen LogP contribution in [0.1, 0.15) is 18.5 Å². The van der Waals surface area contributed by atoms with Crippen LogP contribution in [-0.2, 0) is 0 Å². The number of likely N-dealkylation sites (N-methyl/N-ethyl adjacent to an activating group) is 1. The second-order valence-electron chi connectivity index (χ2n) is 4.31. The number of nitrogens with two attached hydrogens (primary N) is 1. The minimum atomic E-state index is 0.136. The minimum absolute atomic E-state index is 0.136. The Kier molecular flexibility index (Phi) is 4.93. The number of nitrogens with zero attached hydrogens (tertiary/aromatic N) is 2. The Morgan fingerprint density at radius 3 is 2.58 bits per heavy atom. The summed E-state index contributed by atoms with van der Waals surface area (Å²) in [6.07, 6.45) is 3.67. The van der Waals surface area contributed by atoms with Crippen LogP contribution in [0.2, 0.25) is 0 Å². The molecule has 0 saturated carbocycles. The van der Waals surface area contributed by atoms with Crippen molar-refractivity contribution in [1.29, 1.82) is 0 Å². The topological polar surface area (TPSA) is 42.1 Å². The monoisotopic (exact) mass is 319 g/mol. The first-order valence-corrected chi connectivity index (χ1v) is 7.17. The number of aromatic nitrogens is 1. The molecular formula is C15H18BrN3. The molecule has 1 aromatic carbocycles. The molecule has 1 heterocycles. The molecule has 3 nitrogen and oxygen atoms in total. The second-order valence-corrected chi connectivity index (χ2v) is 5.23. The minimum Gasteiger partial charge on any atom is -0.363 e. The van der Waals surface area contributed by atoms with Crippen molar-refractivity contribution < 1.29 is 0 Å². The van der Waals surface area contributed by atoms with E-state index in [0.29, 0.717) is 6.54 Å². The lowest BCUT2D eigenvalue weighted by Gasteiger charge is -2.32. The molecule has 0 aliphatic carbocycles. The van der Waals surface area contributed by atoms with E-state index in [-0.39, 0.29) is 6.04 Å². The van der Waals surface area contributed by atoms with E-state index in [1.165, 1.54) is 5.69 Å². The highest BCUT2D eigenvalue weighted by Crippen LogP contribution is 2.27. The fourth-order valence-corrected chi connectivity index (χ4v) is 2.64. The summed E-state index contributed by atoms with van der Waals surface area (Å²) < 4.78 is 0.979. The quantitative estimate of drug-likeness (QED) is 0.918. The van der Waals surface area contributed by atoms with Gasteiger partial charge >= 0.3 is 0 Å². The van der Waals surface area contributed by atoms with Crippen molar-refractivity contribution in [1.82, 2.24) is 4.98 Å². The van der Waals surface area contributed by atoms with Gasteiger partial charge in [-0.25, -0.2) is 0 Å². The van der Waals surface area contributed by atoms with Gasteiger partial charge in [-0.3, -0.25) is 4.98 Å². The van der Waals surface area contributed by atoms with E-state index in [2.05, 4.69) is 50.9 Å². The maximum atomic E-state index is 5.98.